The highest BCUT2D eigenvalue weighted by molar-refractivity contribution is 7.99. The van der Waals surface area contributed by atoms with Gasteiger partial charge in [0.05, 0.1) is 0 Å². The van der Waals surface area contributed by atoms with E-state index in [1.54, 1.807) is 0 Å². The molecule has 0 spiro atoms. The maximum atomic E-state index is 3.80. The zero-order valence-corrected chi connectivity index (χ0v) is 11.9. The first-order valence-electron chi connectivity index (χ1n) is 7.07. The summed E-state index contributed by atoms with van der Waals surface area (Å²) < 4.78 is 0. The van der Waals surface area contributed by atoms with Crippen molar-refractivity contribution in [3.05, 3.63) is 24.3 Å². The van der Waals surface area contributed by atoms with Crippen LogP contribution in [0, 0.1) is 5.92 Å². The molecule has 3 heteroatoms. The van der Waals surface area contributed by atoms with E-state index in [0.29, 0.717) is 6.04 Å². The number of anilines is 1. The highest BCUT2D eigenvalue weighted by Crippen LogP contribution is 2.33. The minimum absolute atomic E-state index is 0.658. The van der Waals surface area contributed by atoms with Gasteiger partial charge < -0.3 is 10.2 Å². The molecular weight excluding hydrogens is 240 g/mol. The maximum Gasteiger partial charge on any atom is 0.0481 e. The van der Waals surface area contributed by atoms with Crippen LogP contribution in [0.25, 0.3) is 0 Å². The second-order valence-corrected chi connectivity index (χ2v) is 6.62. The van der Waals surface area contributed by atoms with Crippen molar-refractivity contribution in [2.45, 2.75) is 30.7 Å². The third-order valence-corrected chi connectivity index (χ3v) is 5.14. The molecule has 98 valence electrons. The Morgan fingerprint density at radius 1 is 1.28 bits per heavy atom. The summed E-state index contributed by atoms with van der Waals surface area (Å²) >= 11 is 1.93. The van der Waals surface area contributed by atoms with Gasteiger partial charge >= 0.3 is 0 Å². The Labute approximate surface area is 114 Å². The number of hydrogen-bond acceptors (Lipinski definition) is 3. The van der Waals surface area contributed by atoms with Crippen LogP contribution >= 0.6 is 11.8 Å². The molecule has 4 rings (SSSR count). The van der Waals surface area contributed by atoms with Crippen LogP contribution in [0.5, 0.6) is 0 Å². The number of benzene rings is 1. The fraction of sp³-hybridized carbons (Fsp3) is 0.600. The van der Waals surface area contributed by atoms with E-state index < -0.39 is 0 Å². The third kappa shape index (κ3) is 2.52. The van der Waals surface area contributed by atoms with Gasteiger partial charge in [-0.05, 0) is 49.7 Å². The number of fused-ring (bicyclic) bond motifs is 3. The van der Waals surface area contributed by atoms with Crippen molar-refractivity contribution in [1.29, 1.82) is 0 Å². The predicted octanol–water partition coefficient (Wildman–Crippen LogP) is 3.30. The average molecular weight is 262 g/mol. The summed E-state index contributed by atoms with van der Waals surface area (Å²) in [4.78, 5) is 4.00. The van der Waals surface area contributed by atoms with E-state index in [-0.39, 0.29) is 0 Å². The molecule has 1 N–H and O–H groups in total. The molecule has 3 saturated heterocycles. The molecule has 2 bridgehead atoms. The number of para-hydroxylation sites is 1. The molecule has 0 aliphatic carbocycles. The van der Waals surface area contributed by atoms with Crippen molar-refractivity contribution in [2.75, 3.05) is 30.7 Å². The van der Waals surface area contributed by atoms with Crippen molar-refractivity contribution in [1.82, 2.24) is 4.90 Å². The summed E-state index contributed by atoms with van der Waals surface area (Å²) in [6.07, 6.45) is 2.75. The fourth-order valence-corrected chi connectivity index (χ4v) is 3.96. The van der Waals surface area contributed by atoms with Gasteiger partial charge in [0.2, 0.25) is 0 Å². The van der Waals surface area contributed by atoms with Gasteiger partial charge in [0, 0.05) is 23.2 Å². The van der Waals surface area contributed by atoms with Gasteiger partial charge in [-0.2, -0.15) is 0 Å². The van der Waals surface area contributed by atoms with Gasteiger partial charge in [0.25, 0.3) is 0 Å². The Hall–Kier alpha value is -0.670. The van der Waals surface area contributed by atoms with E-state index >= 15 is 0 Å². The maximum absolute atomic E-state index is 3.80. The van der Waals surface area contributed by atoms with Crippen LogP contribution in [0.2, 0.25) is 0 Å². The lowest BCUT2D eigenvalue weighted by molar-refractivity contribution is 0.0974. The second-order valence-electron chi connectivity index (χ2n) is 5.32. The van der Waals surface area contributed by atoms with Crippen molar-refractivity contribution < 1.29 is 0 Å². The summed E-state index contributed by atoms with van der Waals surface area (Å²) in [5, 5.41) is 3.80. The molecule has 1 unspecified atom stereocenters. The predicted molar refractivity (Wildman–Crippen MR) is 79.4 cm³/mol. The Morgan fingerprint density at radius 2 is 2.06 bits per heavy atom. The molecule has 1 aromatic carbocycles. The topological polar surface area (TPSA) is 15.3 Å². The van der Waals surface area contributed by atoms with Crippen LogP contribution in [0.1, 0.15) is 19.8 Å². The Kier molecular flexibility index (Phi) is 3.80. The zero-order valence-electron chi connectivity index (χ0n) is 11.1. The van der Waals surface area contributed by atoms with Gasteiger partial charge in [-0.15, -0.1) is 11.8 Å². The largest absolute Gasteiger partial charge is 0.380 e. The van der Waals surface area contributed by atoms with Crippen molar-refractivity contribution in [3.63, 3.8) is 0 Å². The van der Waals surface area contributed by atoms with E-state index in [9.17, 15) is 0 Å². The first kappa shape index (κ1) is 12.4. The van der Waals surface area contributed by atoms with Crippen LogP contribution in [-0.2, 0) is 0 Å². The Bertz CT molecular complexity index is 399. The SMILES string of the molecule is CCSc1ccccc1NC1CN2CCC1CC2. The van der Waals surface area contributed by atoms with Gasteiger partial charge in [-0.1, -0.05) is 19.1 Å². The molecule has 0 saturated carbocycles. The van der Waals surface area contributed by atoms with E-state index in [0.717, 1.165) is 11.7 Å². The fourth-order valence-electron chi connectivity index (χ4n) is 3.20. The molecule has 0 aromatic heterocycles. The molecule has 3 fully saturated rings. The molecule has 0 amide bonds. The van der Waals surface area contributed by atoms with Gasteiger partial charge in [0.15, 0.2) is 0 Å². The molecule has 3 aliphatic rings. The summed E-state index contributed by atoms with van der Waals surface area (Å²) in [6, 6.07) is 9.41. The lowest BCUT2D eigenvalue weighted by Crippen LogP contribution is -2.53. The highest BCUT2D eigenvalue weighted by atomic mass is 32.2. The zero-order chi connectivity index (χ0) is 12.4. The Balaban J connectivity index is 1.72. The molecule has 18 heavy (non-hydrogen) atoms. The van der Waals surface area contributed by atoms with E-state index in [2.05, 4.69) is 41.4 Å². The number of rotatable bonds is 4. The van der Waals surface area contributed by atoms with Gasteiger partial charge in [0.1, 0.15) is 0 Å². The minimum atomic E-state index is 0.658. The monoisotopic (exact) mass is 262 g/mol. The average Bonchev–Trinajstić information content (AvgIpc) is 2.43. The van der Waals surface area contributed by atoms with E-state index in [1.807, 2.05) is 11.8 Å². The molecule has 3 aliphatic heterocycles. The molecule has 1 atom stereocenters. The number of thioether (sulfide) groups is 1. The summed E-state index contributed by atoms with van der Waals surface area (Å²) in [5.74, 6) is 2.02. The molecular formula is C15H22N2S. The van der Waals surface area contributed by atoms with Crippen molar-refractivity contribution in [2.24, 2.45) is 5.92 Å². The summed E-state index contributed by atoms with van der Waals surface area (Å²) in [5.41, 5.74) is 1.34. The Morgan fingerprint density at radius 3 is 2.72 bits per heavy atom. The van der Waals surface area contributed by atoms with Gasteiger partial charge in [-0.25, -0.2) is 0 Å². The number of nitrogens with zero attached hydrogens (tertiary/aromatic N) is 1. The smallest absolute Gasteiger partial charge is 0.0481 e. The minimum Gasteiger partial charge on any atom is -0.380 e. The quantitative estimate of drug-likeness (QED) is 0.838. The van der Waals surface area contributed by atoms with Crippen molar-refractivity contribution in [3.8, 4) is 0 Å². The lowest BCUT2D eigenvalue weighted by Gasteiger charge is -2.45. The van der Waals surface area contributed by atoms with Gasteiger partial charge in [-0.3, -0.25) is 0 Å². The standard InChI is InChI=1S/C15H22N2S/c1-2-18-15-6-4-3-5-13(15)16-14-11-17-9-7-12(14)8-10-17/h3-6,12,14,16H,2,7-11H2,1H3. The van der Waals surface area contributed by atoms with Crippen LogP contribution in [0.3, 0.4) is 0 Å². The number of hydrogen-bond donors (Lipinski definition) is 1. The van der Waals surface area contributed by atoms with Crippen LogP contribution in [0.4, 0.5) is 5.69 Å². The third-order valence-electron chi connectivity index (χ3n) is 4.18. The summed E-state index contributed by atoms with van der Waals surface area (Å²) in [7, 11) is 0. The molecule has 2 nitrogen and oxygen atoms in total. The highest BCUT2D eigenvalue weighted by Gasteiger charge is 2.34. The molecule has 0 radical (unpaired) electrons. The van der Waals surface area contributed by atoms with Crippen LogP contribution in [0.15, 0.2) is 29.2 Å². The first-order valence-corrected chi connectivity index (χ1v) is 8.06. The number of nitrogens with one attached hydrogen (secondary N) is 1. The molecule has 1 aromatic rings. The summed E-state index contributed by atoms with van der Waals surface area (Å²) in [6.45, 7) is 6.08. The van der Waals surface area contributed by atoms with Crippen molar-refractivity contribution >= 4 is 17.4 Å². The van der Waals surface area contributed by atoms with E-state index in [4.69, 9.17) is 0 Å². The second kappa shape index (κ2) is 5.54. The lowest BCUT2D eigenvalue weighted by atomic mass is 9.84. The van der Waals surface area contributed by atoms with Crippen LogP contribution < -0.4 is 5.32 Å². The number of piperidine rings is 3. The molecule has 3 heterocycles. The van der Waals surface area contributed by atoms with E-state index in [1.165, 1.54) is 43.1 Å². The first-order chi connectivity index (χ1) is 8.86. The van der Waals surface area contributed by atoms with Crippen LogP contribution in [-0.4, -0.2) is 36.3 Å². The normalized spacial score (nSPS) is 30.4.